The fourth-order valence-electron chi connectivity index (χ4n) is 17.8. The Bertz CT molecular complexity index is 2400. The second-order valence-corrected chi connectivity index (χ2v) is 29.1. The molecule has 10 rings (SSSR count). The van der Waals surface area contributed by atoms with Crippen molar-refractivity contribution in [2.24, 2.45) is 50.2 Å². The molecule has 0 aromatic rings. The minimum atomic E-state index is -1.94. The molecule has 15 N–H and O–H groups in total. The van der Waals surface area contributed by atoms with Gasteiger partial charge in [0.15, 0.2) is 25.2 Å². The Morgan fingerprint density at radius 2 is 1.03 bits per heavy atom. The van der Waals surface area contributed by atoms with Gasteiger partial charge >= 0.3 is 5.97 Å². The molecule has 5 saturated heterocycles. The molecule has 5 aliphatic heterocycles. The fourth-order valence-corrected chi connectivity index (χ4v) is 17.8. The monoisotopic (exact) mass is 1230 g/mol. The summed E-state index contributed by atoms with van der Waals surface area (Å²) in [5.41, 5.74) is -0.970. The van der Waals surface area contributed by atoms with E-state index in [4.69, 9.17) is 47.4 Å². The smallest absolute Gasteiger partial charge is 0.315 e. The molecule has 0 spiro atoms. The average molecular weight is 1240 g/mol. The lowest BCUT2D eigenvalue weighted by atomic mass is 9.33. The molecule has 0 aromatic carbocycles. The first-order valence-corrected chi connectivity index (χ1v) is 31.1. The van der Waals surface area contributed by atoms with E-state index in [1.54, 1.807) is 0 Å². The van der Waals surface area contributed by atoms with Crippen molar-refractivity contribution >= 4 is 5.97 Å². The molecule has 10 aliphatic rings. The van der Waals surface area contributed by atoms with Crippen molar-refractivity contribution in [3.8, 4) is 0 Å². The maximum atomic E-state index is 14.8. The van der Waals surface area contributed by atoms with Crippen molar-refractivity contribution in [3.05, 3.63) is 11.6 Å². The third-order valence-electron chi connectivity index (χ3n) is 23.4. The Balaban J connectivity index is 0.780. The van der Waals surface area contributed by atoms with Crippen molar-refractivity contribution in [2.45, 2.75) is 286 Å². The van der Waals surface area contributed by atoms with Gasteiger partial charge in [-0.1, -0.05) is 60.1 Å². The highest BCUT2D eigenvalue weighted by atomic mass is 16.8. The number of ether oxygens (including phenoxy) is 10. The second-order valence-electron chi connectivity index (χ2n) is 29.1. The molecular formula is C60H98O26. The van der Waals surface area contributed by atoms with Gasteiger partial charge in [0.05, 0.1) is 43.5 Å². The van der Waals surface area contributed by atoms with Crippen LogP contribution in [-0.2, 0) is 52.2 Å². The molecule has 0 bridgehead atoms. The topological polar surface area (TPSA) is 413 Å². The average Bonchev–Trinajstić information content (AvgIpc) is 0.681. The van der Waals surface area contributed by atoms with Crippen molar-refractivity contribution < 1.29 is 129 Å². The van der Waals surface area contributed by atoms with Crippen molar-refractivity contribution in [2.75, 3.05) is 19.8 Å². The van der Waals surface area contributed by atoms with Gasteiger partial charge in [-0.2, -0.15) is 0 Å². The lowest BCUT2D eigenvalue weighted by Gasteiger charge is -2.71. The fraction of sp³-hybridized carbons (Fsp3) is 0.950. The summed E-state index contributed by atoms with van der Waals surface area (Å²) in [4.78, 5) is 14.8. The highest BCUT2D eigenvalue weighted by molar-refractivity contribution is 5.79. The maximum Gasteiger partial charge on any atom is 0.315 e. The zero-order valence-electron chi connectivity index (χ0n) is 50.7. The predicted molar refractivity (Wildman–Crippen MR) is 293 cm³/mol. The Morgan fingerprint density at radius 3 is 1.70 bits per heavy atom. The van der Waals surface area contributed by atoms with Gasteiger partial charge in [0.25, 0.3) is 0 Å². The minimum Gasteiger partial charge on any atom is -0.432 e. The summed E-state index contributed by atoms with van der Waals surface area (Å²) in [6.07, 6.45) is -30.5. The summed E-state index contributed by atoms with van der Waals surface area (Å²) in [7, 11) is 0. The number of carbonyl (C=O) groups is 1. The van der Waals surface area contributed by atoms with Gasteiger partial charge in [-0.15, -0.1) is 0 Å². The van der Waals surface area contributed by atoms with E-state index < -0.39 is 196 Å². The van der Waals surface area contributed by atoms with Gasteiger partial charge in [-0.25, -0.2) is 0 Å². The number of aliphatic hydroxyl groups is 15. The SMILES string of the molecule is C[C@H]1O[C@H](O[C@H]2[C@H](O)[C@@H](O)[C@@H](OC[C@H]3O[C@@H](O[C@H]4[C@H](O)[C@@H](O)[C@H](O[C@H]5CC[C@@]6(C)C(CC[C@]7(C)C6CC=C6C8CC(C)(C)CC[C@]8(C(=O)O[C@@H]8O[C@H](CO)[C@@H](O)[C@H](O)[C@H]8O)CC[C@]67C)C5(C)C)O[C@@H]4CO)[C@H](O)[C@@H](O)[C@H]3O)O[C@@H]2C)[C@H](O)[C@@H](O)[C@@H]1O. The van der Waals surface area contributed by atoms with E-state index in [1.807, 2.05) is 0 Å². The number of aliphatic hydroxyl groups excluding tert-OH is 15. The van der Waals surface area contributed by atoms with Gasteiger partial charge in [-0.05, 0) is 123 Å². The van der Waals surface area contributed by atoms with Crippen LogP contribution >= 0.6 is 0 Å². The zero-order chi connectivity index (χ0) is 62.9. The molecule has 9 fully saturated rings. The van der Waals surface area contributed by atoms with E-state index in [2.05, 4.69) is 54.5 Å². The van der Waals surface area contributed by atoms with Gasteiger partial charge in [0.1, 0.15) is 110 Å². The molecule has 3 unspecified atom stereocenters. The highest BCUT2D eigenvalue weighted by Gasteiger charge is 2.70. The van der Waals surface area contributed by atoms with Crippen LogP contribution in [0.1, 0.15) is 127 Å². The summed E-state index contributed by atoms with van der Waals surface area (Å²) in [5, 5.41) is 162. The van der Waals surface area contributed by atoms with Crippen LogP contribution in [0, 0.1) is 50.2 Å². The number of hydrogen-bond donors (Lipinski definition) is 15. The van der Waals surface area contributed by atoms with E-state index in [9.17, 15) is 81.4 Å². The Hall–Kier alpha value is -1.75. The highest BCUT2D eigenvalue weighted by Crippen LogP contribution is 2.76. The summed E-state index contributed by atoms with van der Waals surface area (Å²) in [6.45, 7) is 16.8. The van der Waals surface area contributed by atoms with Gasteiger partial charge < -0.3 is 124 Å². The van der Waals surface area contributed by atoms with Crippen LogP contribution in [-0.4, -0.2) is 262 Å². The van der Waals surface area contributed by atoms with Crippen LogP contribution in [0.3, 0.4) is 0 Å². The summed E-state index contributed by atoms with van der Waals surface area (Å²) in [5.74, 6) is -0.346. The lowest BCUT2D eigenvalue weighted by molar-refractivity contribution is -0.375. The second kappa shape index (κ2) is 24.6. The third kappa shape index (κ3) is 11.2. The van der Waals surface area contributed by atoms with Crippen LogP contribution in [0.2, 0.25) is 0 Å². The van der Waals surface area contributed by atoms with Gasteiger partial charge in [0, 0.05) is 0 Å². The molecule has 494 valence electrons. The molecule has 26 heteroatoms. The molecule has 5 heterocycles. The lowest BCUT2D eigenvalue weighted by Crippen LogP contribution is -2.67. The first-order chi connectivity index (χ1) is 40.2. The number of rotatable bonds is 13. The molecule has 33 atom stereocenters. The first-order valence-electron chi connectivity index (χ1n) is 31.1. The largest absolute Gasteiger partial charge is 0.432 e. The van der Waals surface area contributed by atoms with Crippen LogP contribution < -0.4 is 0 Å². The van der Waals surface area contributed by atoms with Crippen molar-refractivity contribution in [3.63, 3.8) is 0 Å². The van der Waals surface area contributed by atoms with E-state index in [-0.39, 0.29) is 39.4 Å². The molecule has 4 saturated carbocycles. The standard InChI is InChI=1S/C60H98O26/c1-24-34(63)37(66)42(71)50(78-24)84-47-25(2)79-49(45(74)40(47)69)77-23-30-36(65)39(68)43(72)52(82-30)85-48-29(22-62)81-51(46(75)41(48)70)83-33-13-14-57(7)31(56(33,5)6)12-15-59(9)32(57)11-10-26-27-20-55(3,4)16-18-60(27,19-17-58(26,59)8)54(76)86-53-44(73)38(67)35(64)28(21-61)80-53/h10,24-25,27-53,61-75H,11-23H2,1-9H3/t24-,25-,27?,28-,29-,30-,31?,32?,33+,34-,35-,36+,37+,38+,39+,40-,41-,42-,43-,44-,45-,46-,47-,48-,49+,50-,51+,52+,53+,57+,58-,59-,60+/m1/s1. The molecule has 0 amide bonds. The van der Waals surface area contributed by atoms with Crippen LogP contribution in [0.15, 0.2) is 11.6 Å². The van der Waals surface area contributed by atoms with E-state index in [1.165, 1.54) is 19.4 Å². The number of allylic oxidation sites excluding steroid dienone is 2. The van der Waals surface area contributed by atoms with Crippen LogP contribution in [0.25, 0.3) is 0 Å². The summed E-state index contributed by atoms with van der Waals surface area (Å²) >= 11 is 0. The minimum absolute atomic E-state index is 0.0910. The molecule has 0 radical (unpaired) electrons. The number of fused-ring (bicyclic) bond motifs is 7. The van der Waals surface area contributed by atoms with Gasteiger partial charge in [0.2, 0.25) is 6.29 Å². The van der Waals surface area contributed by atoms with Crippen LogP contribution in [0.5, 0.6) is 0 Å². The van der Waals surface area contributed by atoms with E-state index >= 15 is 0 Å². The number of esters is 1. The molecule has 0 aromatic heterocycles. The van der Waals surface area contributed by atoms with E-state index in [0.29, 0.717) is 25.7 Å². The summed E-state index contributed by atoms with van der Waals surface area (Å²) < 4.78 is 59.2. The maximum absolute atomic E-state index is 14.8. The third-order valence-corrected chi connectivity index (χ3v) is 23.4. The number of carbonyl (C=O) groups excluding carboxylic acids is 1. The molecule has 26 nitrogen and oxygen atoms in total. The quantitative estimate of drug-likeness (QED) is 0.0531. The van der Waals surface area contributed by atoms with Gasteiger partial charge in [-0.3, -0.25) is 4.79 Å². The van der Waals surface area contributed by atoms with Crippen LogP contribution in [0.4, 0.5) is 0 Å². The molecular weight excluding hydrogens is 1140 g/mol. The first kappa shape index (κ1) is 67.1. The van der Waals surface area contributed by atoms with Crippen molar-refractivity contribution in [1.82, 2.24) is 0 Å². The zero-order valence-corrected chi connectivity index (χ0v) is 50.7. The Morgan fingerprint density at radius 1 is 0.512 bits per heavy atom. The summed E-state index contributed by atoms with van der Waals surface area (Å²) in [6, 6.07) is 0. The predicted octanol–water partition coefficient (Wildman–Crippen LogP) is -2.16. The Labute approximate surface area is 501 Å². The van der Waals surface area contributed by atoms with E-state index in [0.717, 1.165) is 38.5 Å². The van der Waals surface area contributed by atoms with Crippen molar-refractivity contribution in [1.29, 1.82) is 0 Å². The Kier molecular flexibility index (Phi) is 19.2. The number of hydrogen-bond acceptors (Lipinski definition) is 26. The molecule has 5 aliphatic carbocycles. The molecule has 86 heavy (non-hydrogen) atoms. The normalized spacial score (nSPS) is 54.5.